The first-order chi connectivity index (χ1) is 13.7. The van der Waals surface area contributed by atoms with Crippen molar-refractivity contribution in [3.63, 3.8) is 0 Å². The molecule has 0 spiro atoms. The van der Waals surface area contributed by atoms with Gasteiger partial charge in [0.15, 0.2) is 11.5 Å². The highest BCUT2D eigenvalue weighted by Crippen LogP contribution is 2.43. The molecular weight excluding hydrogens is 431 g/mol. The quantitative estimate of drug-likeness (QED) is 0.711. The third-order valence-corrected chi connectivity index (χ3v) is 7.62. The fourth-order valence-corrected chi connectivity index (χ4v) is 6.37. The van der Waals surface area contributed by atoms with Crippen molar-refractivity contribution < 1.29 is 35.8 Å². The number of hydrogen-bond donors (Lipinski definition) is 0. The minimum atomic E-state index is -4.78. The molecule has 11 heteroatoms. The number of sulfonamides is 1. The summed E-state index contributed by atoms with van der Waals surface area (Å²) < 4.78 is 79.5. The SMILES string of the molecule is O=S(=O)(c1ccc2c(c1)OCCO2)N1CCS[C@H]1c1ccc(OC(F)(F)F)cc1. The van der Waals surface area contributed by atoms with E-state index in [4.69, 9.17) is 9.47 Å². The molecular formula is C18H16F3NO5S2. The van der Waals surface area contributed by atoms with Crippen LogP contribution in [-0.2, 0) is 10.0 Å². The van der Waals surface area contributed by atoms with Crippen LogP contribution in [0.2, 0.25) is 0 Å². The topological polar surface area (TPSA) is 65.1 Å². The minimum absolute atomic E-state index is 0.0753. The minimum Gasteiger partial charge on any atom is -0.486 e. The Bertz CT molecular complexity index is 996. The normalized spacial score (nSPS) is 19.9. The van der Waals surface area contributed by atoms with E-state index in [2.05, 4.69) is 4.74 Å². The van der Waals surface area contributed by atoms with E-state index in [0.29, 0.717) is 36.0 Å². The molecule has 0 bridgehead atoms. The summed E-state index contributed by atoms with van der Waals surface area (Å²) in [6.45, 7) is 1.02. The monoisotopic (exact) mass is 447 g/mol. The second kappa shape index (κ2) is 7.62. The summed E-state index contributed by atoms with van der Waals surface area (Å²) >= 11 is 1.40. The number of fused-ring (bicyclic) bond motifs is 1. The van der Waals surface area contributed by atoms with Gasteiger partial charge in [-0.2, -0.15) is 4.31 Å². The lowest BCUT2D eigenvalue weighted by molar-refractivity contribution is -0.274. The lowest BCUT2D eigenvalue weighted by atomic mass is 10.2. The van der Waals surface area contributed by atoms with Crippen molar-refractivity contribution in [3.05, 3.63) is 48.0 Å². The average molecular weight is 447 g/mol. The summed E-state index contributed by atoms with van der Waals surface area (Å²) in [7, 11) is -3.84. The Balaban J connectivity index is 1.59. The summed E-state index contributed by atoms with van der Waals surface area (Å²) in [5.41, 5.74) is 0.572. The third kappa shape index (κ3) is 4.26. The van der Waals surface area contributed by atoms with Crippen LogP contribution < -0.4 is 14.2 Å². The van der Waals surface area contributed by atoms with Gasteiger partial charge in [0.2, 0.25) is 10.0 Å². The Hall–Kier alpha value is -2.11. The van der Waals surface area contributed by atoms with Gasteiger partial charge in [0.1, 0.15) is 19.0 Å². The lowest BCUT2D eigenvalue weighted by Gasteiger charge is -2.25. The zero-order chi connectivity index (χ0) is 20.6. The molecule has 0 aromatic heterocycles. The highest BCUT2D eigenvalue weighted by molar-refractivity contribution is 8.01. The van der Waals surface area contributed by atoms with E-state index in [-0.39, 0.29) is 17.2 Å². The Morgan fingerprint density at radius 3 is 2.41 bits per heavy atom. The summed E-state index contributed by atoms with van der Waals surface area (Å²) in [6, 6.07) is 9.69. The van der Waals surface area contributed by atoms with Crippen LogP contribution in [0.5, 0.6) is 17.2 Å². The fourth-order valence-electron chi connectivity index (χ4n) is 3.12. The molecule has 6 nitrogen and oxygen atoms in total. The first kappa shape index (κ1) is 20.2. The van der Waals surface area contributed by atoms with Gasteiger partial charge in [0.05, 0.1) is 10.3 Å². The summed E-state index contributed by atoms with van der Waals surface area (Å²) in [4.78, 5) is 0.0753. The number of rotatable bonds is 4. The number of ether oxygens (including phenoxy) is 3. The number of hydrogen-bond acceptors (Lipinski definition) is 6. The van der Waals surface area contributed by atoms with Crippen molar-refractivity contribution in [2.24, 2.45) is 0 Å². The fraction of sp³-hybridized carbons (Fsp3) is 0.333. The summed E-state index contributed by atoms with van der Waals surface area (Å²) in [5, 5.41) is -0.548. The lowest BCUT2D eigenvalue weighted by Crippen LogP contribution is -2.30. The van der Waals surface area contributed by atoms with Crippen LogP contribution in [0.25, 0.3) is 0 Å². The van der Waals surface area contributed by atoms with Crippen molar-refractivity contribution >= 4 is 21.8 Å². The van der Waals surface area contributed by atoms with E-state index in [1.165, 1.54) is 52.5 Å². The van der Waals surface area contributed by atoms with Gasteiger partial charge in [0, 0.05) is 18.4 Å². The van der Waals surface area contributed by atoms with Gasteiger partial charge in [-0.15, -0.1) is 24.9 Å². The molecule has 0 saturated carbocycles. The maximum absolute atomic E-state index is 13.2. The predicted molar refractivity (Wildman–Crippen MR) is 99.6 cm³/mol. The van der Waals surface area contributed by atoms with Crippen LogP contribution in [0.3, 0.4) is 0 Å². The van der Waals surface area contributed by atoms with Crippen molar-refractivity contribution in [3.8, 4) is 17.2 Å². The molecule has 0 aliphatic carbocycles. The molecule has 2 aromatic carbocycles. The molecule has 0 N–H and O–H groups in total. The van der Waals surface area contributed by atoms with Gasteiger partial charge in [-0.3, -0.25) is 0 Å². The number of thioether (sulfide) groups is 1. The van der Waals surface area contributed by atoms with Gasteiger partial charge in [0.25, 0.3) is 0 Å². The summed E-state index contributed by atoms with van der Waals surface area (Å²) in [6.07, 6.45) is -4.78. The first-order valence-corrected chi connectivity index (χ1v) is 11.1. The maximum atomic E-state index is 13.2. The van der Waals surface area contributed by atoms with E-state index in [1.54, 1.807) is 6.07 Å². The van der Waals surface area contributed by atoms with Gasteiger partial charge < -0.3 is 14.2 Å². The number of alkyl halides is 3. The molecule has 1 atom stereocenters. The molecule has 2 aliphatic rings. The number of nitrogens with zero attached hydrogens (tertiary/aromatic N) is 1. The van der Waals surface area contributed by atoms with E-state index in [9.17, 15) is 21.6 Å². The van der Waals surface area contributed by atoms with Gasteiger partial charge in [-0.1, -0.05) is 12.1 Å². The molecule has 0 unspecified atom stereocenters. The van der Waals surface area contributed by atoms with E-state index in [0.717, 1.165) is 0 Å². The Morgan fingerprint density at radius 1 is 1.03 bits per heavy atom. The van der Waals surface area contributed by atoms with Crippen LogP contribution in [0, 0.1) is 0 Å². The molecule has 0 radical (unpaired) electrons. The van der Waals surface area contributed by atoms with E-state index < -0.39 is 21.8 Å². The maximum Gasteiger partial charge on any atom is 0.573 e. The second-order valence-corrected chi connectivity index (χ2v) is 9.34. The molecule has 1 fully saturated rings. The molecule has 2 aromatic rings. The van der Waals surface area contributed by atoms with Crippen LogP contribution in [0.1, 0.15) is 10.9 Å². The molecule has 156 valence electrons. The zero-order valence-electron chi connectivity index (χ0n) is 14.9. The second-order valence-electron chi connectivity index (χ2n) is 6.26. The smallest absolute Gasteiger partial charge is 0.486 e. The molecule has 1 saturated heterocycles. The van der Waals surface area contributed by atoms with Gasteiger partial charge >= 0.3 is 6.36 Å². The van der Waals surface area contributed by atoms with Gasteiger partial charge in [-0.05, 0) is 29.8 Å². The Labute approximate surface area is 169 Å². The van der Waals surface area contributed by atoms with Crippen molar-refractivity contribution in [1.29, 1.82) is 0 Å². The van der Waals surface area contributed by atoms with Crippen molar-refractivity contribution in [2.75, 3.05) is 25.5 Å². The number of halogens is 3. The van der Waals surface area contributed by atoms with Crippen LogP contribution in [-0.4, -0.2) is 44.6 Å². The molecule has 29 heavy (non-hydrogen) atoms. The molecule has 0 amide bonds. The molecule has 2 heterocycles. The summed E-state index contributed by atoms with van der Waals surface area (Å²) in [5.74, 6) is 1.07. The van der Waals surface area contributed by atoms with Crippen molar-refractivity contribution in [1.82, 2.24) is 4.31 Å². The predicted octanol–water partition coefficient (Wildman–Crippen LogP) is 3.79. The van der Waals surface area contributed by atoms with E-state index in [1.807, 2.05) is 0 Å². The van der Waals surface area contributed by atoms with Crippen LogP contribution in [0.15, 0.2) is 47.4 Å². The molecule has 4 rings (SSSR count). The van der Waals surface area contributed by atoms with Crippen LogP contribution in [0.4, 0.5) is 13.2 Å². The molecule has 2 aliphatic heterocycles. The largest absolute Gasteiger partial charge is 0.573 e. The Kier molecular flexibility index (Phi) is 5.30. The highest BCUT2D eigenvalue weighted by Gasteiger charge is 2.38. The van der Waals surface area contributed by atoms with E-state index >= 15 is 0 Å². The average Bonchev–Trinajstić information content (AvgIpc) is 3.18. The van der Waals surface area contributed by atoms with Gasteiger partial charge in [-0.25, -0.2) is 8.42 Å². The van der Waals surface area contributed by atoms with Crippen LogP contribution >= 0.6 is 11.8 Å². The number of benzene rings is 2. The standard InChI is InChI=1S/C18H16F3NO5S2/c19-18(20,21)27-13-3-1-12(2-4-13)17-22(7-10-28-17)29(23,24)14-5-6-15-16(11-14)26-9-8-25-15/h1-6,11,17H,7-10H2/t17-/m0/s1. The zero-order valence-corrected chi connectivity index (χ0v) is 16.5. The Morgan fingerprint density at radius 2 is 1.72 bits per heavy atom. The third-order valence-electron chi connectivity index (χ3n) is 4.37. The van der Waals surface area contributed by atoms with Crippen molar-refractivity contribution in [2.45, 2.75) is 16.6 Å². The highest BCUT2D eigenvalue weighted by atomic mass is 32.2. The first-order valence-electron chi connectivity index (χ1n) is 8.63.